The molecule has 1 aliphatic rings. The van der Waals surface area contributed by atoms with Crippen molar-refractivity contribution in [1.82, 2.24) is 15.2 Å². The molecule has 1 N–H and O–H groups in total. The van der Waals surface area contributed by atoms with Crippen molar-refractivity contribution in [1.29, 1.82) is 0 Å². The molecule has 2 rings (SSSR count). The number of urea groups is 1. The number of rotatable bonds is 5. The molecule has 6 nitrogen and oxygen atoms in total. The van der Waals surface area contributed by atoms with E-state index in [-0.39, 0.29) is 18.2 Å². The molecule has 2 heterocycles. The Kier molecular flexibility index (Phi) is 6.00. The van der Waals surface area contributed by atoms with Crippen LogP contribution in [-0.4, -0.2) is 48.3 Å². The summed E-state index contributed by atoms with van der Waals surface area (Å²) >= 11 is 0. The lowest BCUT2D eigenvalue weighted by molar-refractivity contribution is 0.0237. The van der Waals surface area contributed by atoms with Gasteiger partial charge >= 0.3 is 6.03 Å². The van der Waals surface area contributed by atoms with Crippen LogP contribution < -0.4 is 10.1 Å². The molecular weight excluding hydrogens is 282 g/mol. The molecule has 0 spiro atoms. The predicted molar refractivity (Wildman–Crippen MR) is 83.8 cm³/mol. The zero-order valence-corrected chi connectivity index (χ0v) is 13.5. The summed E-state index contributed by atoms with van der Waals surface area (Å²) in [6, 6.07) is 3.85. The molecule has 0 unspecified atom stereocenters. The quantitative estimate of drug-likeness (QED) is 0.905. The van der Waals surface area contributed by atoms with E-state index in [1.54, 1.807) is 18.1 Å². The molecule has 1 aromatic rings. The maximum atomic E-state index is 11.9. The van der Waals surface area contributed by atoms with E-state index in [9.17, 15) is 4.79 Å². The fraction of sp³-hybridized carbons (Fsp3) is 0.625. The van der Waals surface area contributed by atoms with Gasteiger partial charge in [-0.05, 0) is 25.5 Å². The molecule has 0 radical (unpaired) electrons. The van der Waals surface area contributed by atoms with Crippen LogP contribution >= 0.6 is 0 Å². The Labute approximate surface area is 131 Å². The van der Waals surface area contributed by atoms with Gasteiger partial charge in [0.05, 0.1) is 13.2 Å². The molecule has 6 heteroatoms. The zero-order chi connectivity index (χ0) is 15.9. The third-order valence-corrected chi connectivity index (χ3v) is 3.79. The second-order valence-electron chi connectivity index (χ2n) is 5.80. The average Bonchev–Trinajstić information content (AvgIpc) is 2.53. The van der Waals surface area contributed by atoms with E-state index in [0.29, 0.717) is 12.4 Å². The lowest BCUT2D eigenvalue weighted by Gasteiger charge is -2.23. The Morgan fingerprint density at radius 1 is 1.50 bits per heavy atom. The van der Waals surface area contributed by atoms with Crippen LogP contribution in [0.5, 0.6) is 5.88 Å². The first-order valence-electron chi connectivity index (χ1n) is 7.76. The van der Waals surface area contributed by atoms with Crippen LogP contribution in [0.3, 0.4) is 0 Å². The number of hydrogen-bond acceptors (Lipinski definition) is 4. The van der Waals surface area contributed by atoms with Gasteiger partial charge < -0.3 is 19.7 Å². The molecule has 0 aromatic carbocycles. The van der Waals surface area contributed by atoms with Crippen LogP contribution in [0.25, 0.3) is 0 Å². The second kappa shape index (κ2) is 7.98. The van der Waals surface area contributed by atoms with Crippen LogP contribution in [0, 0.1) is 0 Å². The van der Waals surface area contributed by atoms with Crippen LogP contribution in [-0.2, 0) is 11.3 Å². The first kappa shape index (κ1) is 16.5. The minimum Gasteiger partial charge on any atom is -0.474 e. The van der Waals surface area contributed by atoms with Crippen LogP contribution in [0.15, 0.2) is 18.3 Å². The summed E-state index contributed by atoms with van der Waals surface area (Å²) in [6.07, 6.45) is 3.66. The minimum absolute atomic E-state index is 0.0845. The third kappa shape index (κ3) is 4.87. The van der Waals surface area contributed by atoms with Gasteiger partial charge in [-0.3, -0.25) is 0 Å². The monoisotopic (exact) mass is 307 g/mol. The van der Waals surface area contributed by atoms with E-state index in [4.69, 9.17) is 9.47 Å². The normalized spacial score (nSPS) is 15.6. The van der Waals surface area contributed by atoms with Crippen molar-refractivity contribution in [2.45, 2.75) is 45.4 Å². The highest BCUT2D eigenvalue weighted by Gasteiger charge is 2.16. The van der Waals surface area contributed by atoms with Gasteiger partial charge in [0, 0.05) is 44.7 Å². The Morgan fingerprint density at radius 2 is 2.23 bits per heavy atom. The fourth-order valence-electron chi connectivity index (χ4n) is 2.13. The van der Waals surface area contributed by atoms with E-state index in [1.807, 2.05) is 26.0 Å². The van der Waals surface area contributed by atoms with Gasteiger partial charge in [-0.25, -0.2) is 9.78 Å². The molecular formula is C16H25N3O3. The summed E-state index contributed by atoms with van der Waals surface area (Å²) in [5.74, 6) is 0.607. The first-order chi connectivity index (χ1) is 10.6. The number of pyridine rings is 1. The minimum atomic E-state index is -0.0845. The molecule has 0 atom stereocenters. The van der Waals surface area contributed by atoms with Gasteiger partial charge in [-0.1, -0.05) is 0 Å². The number of hydrogen-bond donors (Lipinski definition) is 1. The fourth-order valence-corrected chi connectivity index (χ4v) is 2.13. The highest BCUT2D eigenvalue weighted by atomic mass is 16.5. The van der Waals surface area contributed by atoms with Crippen molar-refractivity contribution in [3.05, 3.63) is 23.9 Å². The number of aromatic nitrogens is 1. The topological polar surface area (TPSA) is 63.7 Å². The van der Waals surface area contributed by atoms with Crippen molar-refractivity contribution in [3.8, 4) is 5.88 Å². The van der Waals surface area contributed by atoms with Gasteiger partial charge in [0.2, 0.25) is 5.88 Å². The van der Waals surface area contributed by atoms with E-state index in [2.05, 4.69) is 10.3 Å². The average molecular weight is 307 g/mol. The molecule has 2 amide bonds. The number of ether oxygens (including phenoxy) is 2. The lowest BCUT2D eigenvalue weighted by atomic mass is 10.1. The number of carbonyl (C=O) groups excluding carboxylic acids is 1. The Balaban J connectivity index is 1.86. The standard InChI is InChI=1S/C16H25N3O3/c1-12(2)19(3)16(20)18-11-13-4-7-17-15(10-13)22-14-5-8-21-9-6-14/h4,7,10,12,14H,5-6,8-9,11H2,1-3H3,(H,18,20). The summed E-state index contributed by atoms with van der Waals surface area (Å²) in [5, 5.41) is 2.89. The summed E-state index contributed by atoms with van der Waals surface area (Å²) in [7, 11) is 1.78. The first-order valence-corrected chi connectivity index (χ1v) is 7.76. The maximum Gasteiger partial charge on any atom is 0.317 e. The van der Waals surface area contributed by atoms with Gasteiger partial charge in [-0.15, -0.1) is 0 Å². The van der Waals surface area contributed by atoms with Crippen molar-refractivity contribution in [2.75, 3.05) is 20.3 Å². The van der Waals surface area contributed by atoms with Crippen molar-refractivity contribution in [3.63, 3.8) is 0 Å². The van der Waals surface area contributed by atoms with E-state index in [0.717, 1.165) is 31.6 Å². The number of nitrogens with zero attached hydrogens (tertiary/aromatic N) is 2. The SMILES string of the molecule is CC(C)N(C)C(=O)NCc1ccnc(OC2CCOCC2)c1. The Hall–Kier alpha value is -1.82. The highest BCUT2D eigenvalue weighted by Crippen LogP contribution is 2.16. The van der Waals surface area contributed by atoms with Crippen molar-refractivity contribution < 1.29 is 14.3 Å². The molecule has 1 fully saturated rings. The van der Waals surface area contributed by atoms with Crippen LogP contribution in [0.1, 0.15) is 32.3 Å². The van der Waals surface area contributed by atoms with Gasteiger partial charge in [-0.2, -0.15) is 0 Å². The third-order valence-electron chi connectivity index (χ3n) is 3.79. The van der Waals surface area contributed by atoms with Crippen molar-refractivity contribution >= 4 is 6.03 Å². The molecule has 0 bridgehead atoms. The van der Waals surface area contributed by atoms with Gasteiger partial charge in [0.25, 0.3) is 0 Å². The molecule has 1 aromatic heterocycles. The maximum absolute atomic E-state index is 11.9. The summed E-state index contributed by atoms with van der Waals surface area (Å²) < 4.78 is 11.2. The molecule has 0 saturated carbocycles. The lowest BCUT2D eigenvalue weighted by Crippen LogP contribution is -2.40. The molecule has 1 saturated heterocycles. The second-order valence-corrected chi connectivity index (χ2v) is 5.80. The van der Waals surface area contributed by atoms with Crippen LogP contribution in [0.4, 0.5) is 4.79 Å². The summed E-state index contributed by atoms with van der Waals surface area (Å²) in [5.41, 5.74) is 0.975. The Morgan fingerprint density at radius 3 is 2.91 bits per heavy atom. The van der Waals surface area contributed by atoms with E-state index < -0.39 is 0 Å². The van der Waals surface area contributed by atoms with Crippen LogP contribution in [0.2, 0.25) is 0 Å². The molecule has 22 heavy (non-hydrogen) atoms. The van der Waals surface area contributed by atoms with Gasteiger partial charge in [0.1, 0.15) is 6.10 Å². The van der Waals surface area contributed by atoms with E-state index in [1.165, 1.54) is 0 Å². The smallest absolute Gasteiger partial charge is 0.317 e. The van der Waals surface area contributed by atoms with E-state index >= 15 is 0 Å². The predicted octanol–water partition coefficient (Wildman–Crippen LogP) is 2.19. The summed E-state index contributed by atoms with van der Waals surface area (Å²) in [4.78, 5) is 17.8. The van der Waals surface area contributed by atoms with Crippen molar-refractivity contribution in [2.24, 2.45) is 0 Å². The summed E-state index contributed by atoms with van der Waals surface area (Å²) in [6.45, 7) is 5.89. The molecule has 122 valence electrons. The highest BCUT2D eigenvalue weighted by molar-refractivity contribution is 5.74. The molecule has 0 aliphatic carbocycles. The number of nitrogens with one attached hydrogen (secondary N) is 1. The number of carbonyl (C=O) groups is 1. The Bertz CT molecular complexity index is 487. The zero-order valence-electron chi connectivity index (χ0n) is 13.5. The molecule has 1 aliphatic heterocycles. The van der Waals surface area contributed by atoms with Gasteiger partial charge in [0.15, 0.2) is 0 Å². The number of amides is 2. The largest absolute Gasteiger partial charge is 0.474 e.